The van der Waals surface area contributed by atoms with Crippen molar-refractivity contribution in [1.82, 2.24) is 5.32 Å². The van der Waals surface area contributed by atoms with Crippen LogP contribution < -0.4 is 5.32 Å². The van der Waals surface area contributed by atoms with Gasteiger partial charge in [-0.25, -0.2) is 0 Å². The molecule has 1 aliphatic carbocycles. The summed E-state index contributed by atoms with van der Waals surface area (Å²) in [7, 11) is 1.97. The summed E-state index contributed by atoms with van der Waals surface area (Å²) in [5.74, 6) is 0. The van der Waals surface area contributed by atoms with Crippen LogP contribution in [0.2, 0.25) is 0 Å². The summed E-state index contributed by atoms with van der Waals surface area (Å²) in [6.45, 7) is 2.14. The highest BCUT2D eigenvalue weighted by atomic mass is 14.8. The van der Waals surface area contributed by atoms with Crippen molar-refractivity contribution >= 4 is 0 Å². The Kier molecular flexibility index (Phi) is 1.93. The van der Waals surface area contributed by atoms with Crippen LogP contribution in [0, 0.1) is 0 Å². The highest BCUT2D eigenvalue weighted by molar-refractivity contribution is 5.29. The lowest BCUT2D eigenvalue weighted by Crippen LogP contribution is -2.08. The molecule has 0 heterocycles. The lowest BCUT2D eigenvalue weighted by atomic mass is 10.1. The van der Waals surface area contributed by atoms with Gasteiger partial charge < -0.3 is 5.32 Å². The first-order chi connectivity index (χ1) is 4.34. The van der Waals surface area contributed by atoms with E-state index < -0.39 is 0 Å². The van der Waals surface area contributed by atoms with Crippen molar-refractivity contribution in [2.24, 2.45) is 0 Å². The summed E-state index contributed by atoms with van der Waals surface area (Å²) < 4.78 is 0. The van der Waals surface area contributed by atoms with Crippen molar-refractivity contribution in [3.05, 3.63) is 23.4 Å². The third-order valence-electron chi connectivity index (χ3n) is 1.66. The number of allylic oxidation sites excluding steroid dienone is 3. The van der Waals surface area contributed by atoms with E-state index in [-0.39, 0.29) is 0 Å². The van der Waals surface area contributed by atoms with Gasteiger partial charge in [0.15, 0.2) is 0 Å². The first kappa shape index (κ1) is 6.40. The maximum atomic E-state index is 3.15. The number of nitrogens with one attached hydrogen (secondary N) is 1. The first-order valence-corrected chi connectivity index (χ1v) is 3.39. The van der Waals surface area contributed by atoms with Gasteiger partial charge in [0.2, 0.25) is 0 Å². The molecule has 0 saturated carbocycles. The molecular formula is C8H13N. The molecule has 50 valence electrons. The summed E-state index contributed by atoms with van der Waals surface area (Å²) >= 11 is 0. The summed E-state index contributed by atoms with van der Waals surface area (Å²) in [6, 6.07) is 0. The molecule has 0 unspecified atom stereocenters. The number of likely N-dealkylation sites (N-methyl/N-ethyl adjacent to an activating group) is 1. The molecule has 1 heteroatoms. The Balaban J connectivity index is 2.68. The zero-order valence-electron chi connectivity index (χ0n) is 6.07. The summed E-state index contributed by atoms with van der Waals surface area (Å²) in [6.07, 6.45) is 6.91. The van der Waals surface area contributed by atoms with Crippen molar-refractivity contribution in [3.8, 4) is 0 Å². The van der Waals surface area contributed by atoms with E-state index in [9.17, 15) is 0 Å². The van der Waals surface area contributed by atoms with Crippen LogP contribution in [0.3, 0.4) is 0 Å². The van der Waals surface area contributed by atoms with E-state index in [1.54, 1.807) is 0 Å². The Bertz CT molecular complexity index is 154. The topological polar surface area (TPSA) is 12.0 Å². The zero-order chi connectivity index (χ0) is 6.69. The van der Waals surface area contributed by atoms with Crippen LogP contribution >= 0.6 is 0 Å². The highest BCUT2D eigenvalue weighted by Gasteiger charge is 1.99. The maximum absolute atomic E-state index is 3.15. The van der Waals surface area contributed by atoms with Crippen LogP contribution in [-0.4, -0.2) is 7.05 Å². The number of hydrogen-bond donors (Lipinski definition) is 1. The van der Waals surface area contributed by atoms with Gasteiger partial charge in [-0.2, -0.15) is 0 Å². The minimum absolute atomic E-state index is 1.19. The Hall–Kier alpha value is -0.720. The van der Waals surface area contributed by atoms with Crippen molar-refractivity contribution in [3.63, 3.8) is 0 Å². The standard InChI is InChI=1S/C8H13N/c1-7-5-3-4-6-8(7)9-2/h5-6,9H,3-4H2,1-2H3. The molecule has 9 heavy (non-hydrogen) atoms. The monoisotopic (exact) mass is 123 g/mol. The lowest BCUT2D eigenvalue weighted by Gasteiger charge is -2.10. The molecule has 0 aromatic heterocycles. The molecule has 0 amide bonds. The Morgan fingerprint density at radius 1 is 1.33 bits per heavy atom. The van der Waals surface area contributed by atoms with Gasteiger partial charge >= 0.3 is 0 Å². The van der Waals surface area contributed by atoms with Gasteiger partial charge in [0.1, 0.15) is 0 Å². The van der Waals surface area contributed by atoms with Gasteiger partial charge in [-0.15, -0.1) is 0 Å². The smallest absolute Gasteiger partial charge is 0.0323 e. The van der Waals surface area contributed by atoms with Crippen LogP contribution in [0.5, 0.6) is 0 Å². The molecule has 0 radical (unpaired) electrons. The minimum Gasteiger partial charge on any atom is -0.388 e. The molecule has 0 saturated heterocycles. The average Bonchev–Trinajstić information content (AvgIpc) is 1.89. The van der Waals surface area contributed by atoms with Gasteiger partial charge in [-0.05, 0) is 25.3 Å². The molecule has 0 aromatic rings. The van der Waals surface area contributed by atoms with E-state index in [4.69, 9.17) is 0 Å². The van der Waals surface area contributed by atoms with E-state index in [0.717, 1.165) is 0 Å². The third-order valence-corrected chi connectivity index (χ3v) is 1.66. The number of rotatable bonds is 1. The Labute approximate surface area is 56.5 Å². The third kappa shape index (κ3) is 1.35. The van der Waals surface area contributed by atoms with Gasteiger partial charge in [0, 0.05) is 12.7 Å². The van der Waals surface area contributed by atoms with E-state index in [1.807, 2.05) is 7.05 Å². The Morgan fingerprint density at radius 2 is 2.00 bits per heavy atom. The summed E-state index contributed by atoms with van der Waals surface area (Å²) in [4.78, 5) is 0. The van der Waals surface area contributed by atoms with E-state index in [2.05, 4.69) is 24.4 Å². The predicted molar refractivity (Wildman–Crippen MR) is 40.1 cm³/mol. The fourth-order valence-corrected chi connectivity index (χ4v) is 1.10. The molecule has 0 fully saturated rings. The molecule has 0 aromatic carbocycles. The van der Waals surface area contributed by atoms with Gasteiger partial charge in [0.05, 0.1) is 0 Å². The fourth-order valence-electron chi connectivity index (χ4n) is 1.10. The first-order valence-electron chi connectivity index (χ1n) is 3.39. The zero-order valence-corrected chi connectivity index (χ0v) is 6.07. The molecule has 0 bridgehead atoms. The minimum atomic E-state index is 1.19. The van der Waals surface area contributed by atoms with Crippen LogP contribution in [-0.2, 0) is 0 Å². The van der Waals surface area contributed by atoms with Crippen LogP contribution in [0.4, 0.5) is 0 Å². The molecule has 0 spiro atoms. The lowest BCUT2D eigenvalue weighted by molar-refractivity contribution is 0.909. The second-order valence-electron chi connectivity index (χ2n) is 2.33. The largest absolute Gasteiger partial charge is 0.388 e. The van der Waals surface area contributed by atoms with Crippen molar-refractivity contribution in [2.75, 3.05) is 7.05 Å². The van der Waals surface area contributed by atoms with Gasteiger partial charge in [-0.1, -0.05) is 12.2 Å². The SMILES string of the molecule is CNC1=CCCC=C1C. The van der Waals surface area contributed by atoms with E-state index in [1.165, 1.54) is 24.1 Å². The van der Waals surface area contributed by atoms with Gasteiger partial charge in [0.25, 0.3) is 0 Å². The van der Waals surface area contributed by atoms with Crippen molar-refractivity contribution in [1.29, 1.82) is 0 Å². The summed E-state index contributed by atoms with van der Waals surface area (Å²) in [5.41, 5.74) is 2.67. The van der Waals surface area contributed by atoms with Crippen molar-refractivity contribution in [2.45, 2.75) is 19.8 Å². The fraction of sp³-hybridized carbons (Fsp3) is 0.500. The Morgan fingerprint density at radius 3 is 2.44 bits per heavy atom. The van der Waals surface area contributed by atoms with Crippen LogP contribution in [0.15, 0.2) is 23.4 Å². The number of hydrogen-bond acceptors (Lipinski definition) is 1. The molecule has 1 N–H and O–H groups in total. The molecule has 0 atom stereocenters. The van der Waals surface area contributed by atoms with Crippen LogP contribution in [0.25, 0.3) is 0 Å². The molecule has 0 aliphatic heterocycles. The van der Waals surface area contributed by atoms with E-state index in [0.29, 0.717) is 0 Å². The van der Waals surface area contributed by atoms with Crippen molar-refractivity contribution < 1.29 is 0 Å². The highest BCUT2D eigenvalue weighted by Crippen LogP contribution is 2.14. The van der Waals surface area contributed by atoms with Crippen LogP contribution in [0.1, 0.15) is 19.8 Å². The predicted octanol–water partition coefficient (Wildman–Crippen LogP) is 1.83. The second kappa shape index (κ2) is 2.72. The molecule has 1 aliphatic rings. The molecule has 1 nitrogen and oxygen atoms in total. The average molecular weight is 123 g/mol. The second-order valence-corrected chi connectivity index (χ2v) is 2.33. The molecule has 1 rings (SSSR count). The summed E-state index contributed by atoms with van der Waals surface area (Å²) in [5, 5.41) is 3.15. The van der Waals surface area contributed by atoms with E-state index >= 15 is 0 Å². The normalized spacial score (nSPS) is 18.4. The van der Waals surface area contributed by atoms with Gasteiger partial charge in [-0.3, -0.25) is 0 Å². The maximum Gasteiger partial charge on any atom is 0.0323 e. The molecular weight excluding hydrogens is 110 g/mol. The quantitative estimate of drug-likeness (QED) is 0.561.